The number of hydrogen-bond acceptors (Lipinski definition) is 3. The second kappa shape index (κ2) is 7.08. The SMILES string of the molecule is C=C1CC[C@@H]2O[C@@]2(C)CCC(C(C)C)/C=C/[C@](C)(O)CC[C@@H]1O. The normalized spacial score (nSPS) is 44.5. The summed E-state index contributed by atoms with van der Waals surface area (Å²) in [7, 11) is 0. The molecule has 1 aliphatic heterocycles. The highest BCUT2D eigenvalue weighted by molar-refractivity contribution is 5.09. The minimum absolute atomic E-state index is 0.0150. The number of allylic oxidation sites excluding steroid dienone is 1. The van der Waals surface area contributed by atoms with Gasteiger partial charge in [-0.2, -0.15) is 0 Å². The Balaban J connectivity index is 2.12. The average molecular weight is 322 g/mol. The Morgan fingerprint density at radius 1 is 1.22 bits per heavy atom. The first-order valence-electron chi connectivity index (χ1n) is 9.08. The molecule has 1 heterocycles. The highest BCUT2D eigenvalue weighted by Crippen LogP contribution is 2.45. The summed E-state index contributed by atoms with van der Waals surface area (Å²) in [6.45, 7) is 12.5. The van der Waals surface area contributed by atoms with Gasteiger partial charge in [0.2, 0.25) is 0 Å². The van der Waals surface area contributed by atoms with Gasteiger partial charge in [-0.3, -0.25) is 0 Å². The second-order valence-corrected chi connectivity index (χ2v) is 8.33. The van der Waals surface area contributed by atoms with Crippen molar-refractivity contribution < 1.29 is 14.9 Å². The Morgan fingerprint density at radius 3 is 2.57 bits per heavy atom. The van der Waals surface area contributed by atoms with E-state index in [4.69, 9.17) is 4.74 Å². The molecule has 2 aliphatic rings. The topological polar surface area (TPSA) is 53.0 Å². The van der Waals surface area contributed by atoms with Crippen LogP contribution in [0.15, 0.2) is 24.3 Å². The molecular weight excluding hydrogens is 288 g/mol. The van der Waals surface area contributed by atoms with E-state index < -0.39 is 11.7 Å². The minimum Gasteiger partial charge on any atom is -0.389 e. The molecule has 5 atom stereocenters. The fraction of sp³-hybridized carbons (Fsp3) is 0.800. The van der Waals surface area contributed by atoms with Gasteiger partial charge in [-0.1, -0.05) is 32.6 Å². The zero-order valence-electron chi connectivity index (χ0n) is 15.2. The molecule has 0 saturated carbocycles. The van der Waals surface area contributed by atoms with Crippen LogP contribution < -0.4 is 0 Å². The molecule has 3 heteroatoms. The largest absolute Gasteiger partial charge is 0.389 e. The maximum atomic E-state index is 10.5. The molecule has 1 saturated heterocycles. The van der Waals surface area contributed by atoms with Gasteiger partial charge in [0.15, 0.2) is 0 Å². The van der Waals surface area contributed by atoms with Crippen molar-refractivity contribution in [1.29, 1.82) is 0 Å². The number of aliphatic hydroxyl groups excluding tert-OH is 1. The van der Waals surface area contributed by atoms with Crippen LogP contribution in [0.5, 0.6) is 0 Å². The van der Waals surface area contributed by atoms with Crippen molar-refractivity contribution in [2.24, 2.45) is 11.8 Å². The molecule has 2 N–H and O–H groups in total. The highest BCUT2D eigenvalue weighted by atomic mass is 16.6. The predicted molar refractivity (Wildman–Crippen MR) is 94.2 cm³/mol. The lowest BCUT2D eigenvalue weighted by Gasteiger charge is -2.25. The van der Waals surface area contributed by atoms with Crippen LogP contribution in [0.1, 0.15) is 66.2 Å². The molecule has 1 fully saturated rings. The molecule has 0 amide bonds. The Labute approximate surface area is 141 Å². The van der Waals surface area contributed by atoms with Gasteiger partial charge in [0.25, 0.3) is 0 Å². The van der Waals surface area contributed by atoms with E-state index >= 15 is 0 Å². The smallest absolute Gasteiger partial charge is 0.0920 e. The second-order valence-electron chi connectivity index (χ2n) is 8.33. The van der Waals surface area contributed by atoms with Gasteiger partial charge in [-0.25, -0.2) is 0 Å². The van der Waals surface area contributed by atoms with E-state index in [0.717, 1.165) is 31.3 Å². The first-order chi connectivity index (χ1) is 10.6. The van der Waals surface area contributed by atoms with E-state index in [2.05, 4.69) is 33.4 Å². The fourth-order valence-corrected chi connectivity index (χ4v) is 3.51. The lowest BCUT2D eigenvalue weighted by molar-refractivity contribution is 0.0792. The van der Waals surface area contributed by atoms with Gasteiger partial charge in [-0.05, 0) is 69.8 Å². The van der Waals surface area contributed by atoms with Crippen LogP contribution in [-0.4, -0.2) is 33.6 Å². The summed E-state index contributed by atoms with van der Waals surface area (Å²) in [6.07, 6.45) is 8.81. The molecule has 1 aliphatic carbocycles. The molecule has 132 valence electrons. The Hall–Kier alpha value is -0.640. The van der Waals surface area contributed by atoms with Gasteiger partial charge in [-0.15, -0.1) is 0 Å². The average Bonchev–Trinajstić information content (AvgIpc) is 3.11. The number of aliphatic hydroxyl groups is 2. The number of hydrogen-bond donors (Lipinski definition) is 2. The molecule has 0 bridgehead atoms. The molecule has 1 unspecified atom stereocenters. The third kappa shape index (κ3) is 5.17. The monoisotopic (exact) mass is 322 g/mol. The van der Waals surface area contributed by atoms with Crippen molar-refractivity contribution in [2.45, 2.75) is 89.6 Å². The maximum Gasteiger partial charge on any atom is 0.0920 e. The lowest BCUT2D eigenvalue weighted by atomic mass is 9.84. The van der Waals surface area contributed by atoms with Crippen molar-refractivity contribution >= 4 is 0 Å². The van der Waals surface area contributed by atoms with Crippen LogP contribution in [0.2, 0.25) is 0 Å². The molecule has 3 nitrogen and oxygen atoms in total. The minimum atomic E-state index is -0.874. The van der Waals surface area contributed by atoms with Crippen molar-refractivity contribution in [3.8, 4) is 0 Å². The standard InChI is InChI=1S/C20H34O3/c1-14(2)16-8-11-19(4,22)12-10-17(21)15(3)6-7-18-20(5,23-18)13-9-16/h8,11,14,16-18,21-22H,3,6-7,9-10,12-13H2,1-2,4-5H3/b11-8+/t16?,17-,18-,19-,20-/m0/s1. The maximum absolute atomic E-state index is 10.5. The molecule has 0 aromatic rings. The van der Waals surface area contributed by atoms with Crippen LogP contribution in [0, 0.1) is 11.8 Å². The molecule has 2 rings (SSSR count). The van der Waals surface area contributed by atoms with Crippen molar-refractivity contribution in [1.82, 2.24) is 0 Å². The van der Waals surface area contributed by atoms with Crippen molar-refractivity contribution in [2.75, 3.05) is 0 Å². The van der Waals surface area contributed by atoms with E-state index in [1.165, 1.54) is 0 Å². The molecule has 23 heavy (non-hydrogen) atoms. The zero-order chi connectivity index (χ0) is 17.3. The third-order valence-electron chi connectivity index (χ3n) is 5.69. The number of fused-ring (bicyclic) bond motifs is 1. The Bertz CT molecular complexity index is 452. The van der Waals surface area contributed by atoms with E-state index in [-0.39, 0.29) is 5.60 Å². The van der Waals surface area contributed by atoms with Crippen LogP contribution in [0.25, 0.3) is 0 Å². The van der Waals surface area contributed by atoms with Crippen LogP contribution in [0.3, 0.4) is 0 Å². The first kappa shape index (κ1) is 18.7. The summed E-state index contributed by atoms with van der Waals surface area (Å²) in [5.74, 6) is 0.993. The van der Waals surface area contributed by atoms with E-state index in [1.807, 2.05) is 13.0 Å². The molecule has 0 aromatic heterocycles. The van der Waals surface area contributed by atoms with Crippen LogP contribution in [0.4, 0.5) is 0 Å². The zero-order valence-corrected chi connectivity index (χ0v) is 15.2. The van der Waals surface area contributed by atoms with Crippen LogP contribution in [-0.2, 0) is 4.74 Å². The third-order valence-corrected chi connectivity index (χ3v) is 5.69. The fourth-order valence-electron chi connectivity index (χ4n) is 3.51. The van der Waals surface area contributed by atoms with Gasteiger partial charge in [0.05, 0.1) is 23.4 Å². The number of rotatable bonds is 1. The van der Waals surface area contributed by atoms with Gasteiger partial charge in [0.1, 0.15) is 0 Å². The first-order valence-corrected chi connectivity index (χ1v) is 9.08. The van der Waals surface area contributed by atoms with E-state index in [0.29, 0.717) is 30.8 Å². The van der Waals surface area contributed by atoms with Crippen molar-refractivity contribution in [3.63, 3.8) is 0 Å². The number of ether oxygens (including phenoxy) is 1. The van der Waals surface area contributed by atoms with Crippen molar-refractivity contribution in [3.05, 3.63) is 24.3 Å². The molecule has 0 aromatic carbocycles. The van der Waals surface area contributed by atoms with Gasteiger partial charge < -0.3 is 14.9 Å². The summed E-state index contributed by atoms with van der Waals surface area (Å²) in [6, 6.07) is 0. The Kier molecular flexibility index (Phi) is 5.76. The summed E-state index contributed by atoms with van der Waals surface area (Å²) < 4.78 is 5.94. The highest BCUT2D eigenvalue weighted by Gasteiger charge is 2.51. The van der Waals surface area contributed by atoms with E-state index in [9.17, 15) is 10.2 Å². The summed E-state index contributed by atoms with van der Waals surface area (Å²) in [4.78, 5) is 0. The van der Waals surface area contributed by atoms with E-state index in [1.54, 1.807) is 0 Å². The number of epoxide rings is 1. The predicted octanol–water partition coefficient (Wildman–Crippen LogP) is 3.99. The summed E-state index contributed by atoms with van der Waals surface area (Å²) >= 11 is 0. The van der Waals surface area contributed by atoms with Crippen LogP contribution >= 0.6 is 0 Å². The molecule has 0 radical (unpaired) electrons. The Morgan fingerprint density at radius 2 is 1.91 bits per heavy atom. The summed E-state index contributed by atoms with van der Waals surface area (Å²) in [5.41, 5.74) is -0.0281. The van der Waals surface area contributed by atoms with Gasteiger partial charge >= 0.3 is 0 Å². The molecule has 0 spiro atoms. The molecular formula is C20H34O3. The van der Waals surface area contributed by atoms with Gasteiger partial charge in [0, 0.05) is 0 Å². The summed E-state index contributed by atoms with van der Waals surface area (Å²) in [5, 5.41) is 20.8. The quantitative estimate of drug-likeness (QED) is 0.567. The lowest BCUT2D eigenvalue weighted by Crippen LogP contribution is -2.25.